The maximum atomic E-state index is 5.92. The first kappa shape index (κ1) is 11.2. The quantitative estimate of drug-likeness (QED) is 0.851. The zero-order valence-corrected chi connectivity index (χ0v) is 10.4. The van der Waals surface area contributed by atoms with Crippen LogP contribution in [0.1, 0.15) is 37.9 Å². The number of aryl methyl sites for hydroxylation is 1. The summed E-state index contributed by atoms with van der Waals surface area (Å²) in [6, 6.07) is 0.570. The number of ether oxygens (including phenoxy) is 1. The molecule has 1 atom stereocenters. The first-order chi connectivity index (χ1) is 8.27. The van der Waals surface area contributed by atoms with Crippen molar-refractivity contribution >= 4 is 0 Å². The van der Waals surface area contributed by atoms with Crippen molar-refractivity contribution in [1.82, 2.24) is 20.1 Å². The number of aromatic nitrogens is 3. The maximum absolute atomic E-state index is 5.92. The summed E-state index contributed by atoms with van der Waals surface area (Å²) in [5.74, 6) is 0.999. The highest BCUT2D eigenvalue weighted by Crippen LogP contribution is 2.42. The normalized spacial score (nSPS) is 27.0. The molecule has 1 aliphatic carbocycles. The minimum atomic E-state index is 0.218. The summed E-state index contributed by atoms with van der Waals surface area (Å²) in [6.07, 6.45) is 7.83. The SMILES string of the molecule is Cn1cnnc1CNC1CCOC2(CCC2)C1. The molecule has 1 aromatic rings. The van der Waals surface area contributed by atoms with E-state index in [0.717, 1.165) is 31.8 Å². The van der Waals surface area contributed by atoms with Crippen molar-refractivity contribution < 1.29 is 4.74 Å². The summed E-state index contributed by atoms with van der Waals surface area (Å²) >= 11 is 0. The molecule has 1 unspecified atom stereocenters. The van der Waals surface area contributed by atoms with Crippen molar-refractivity contribution in [2.45, 2.75) is 50.3 Å². The fourth-order valence-corrected chi connectivity index (χ4v) is 2.82. The molecule has 2 fully saturated rings. The largest absolute Gasteiger partial charge is 0.375 e. The molecule has 5 heteroatoms. The van der Waals surface area contributed by atoms with Gasteiger partial charge < -0.3 is 14.6 Å². The topological polar surface area (TPSA) is 52.0 Å². The van der Waals surface area contributed by atoms with Crippen LogP contribution in [0.4, 0.5) is 0 Å². The van der Waals surface area contributed by atoms with Gasteiger partial charge in [-0.05, 0) is 32.1 Å². The second-order valence-corrected chi connectivity index (χ2v) is 5.31. The van der Waals surface area contributed by atoms with Gasteiger partial charge in [0.05, 0.1) is 12.1 Å². The average Bonchev–Trinajstić information content (AvgIpc) is 2.71. The lowest BCUT2D eigenvalue weighted by Gasteiger charge is -2.47. The van der Waals surface area contributed by atoms with Gasteiger partial charge in [0, 0.05) is 19.7 Å². The second kappa shape index (κ2) is 4.38. The highest BCUT2D eigenvalue weighted by Gasteiger charge is 2.42. The third-order valence-electron chi connectivity index (χ3n) is 4.11. The van der Waals surface area contributed by atoms with Crippen LogP contribution in [0.25, 0.3) is 0 Å². The number of nitrogens with one attached hydrogen (secondary N) is 1. The van der Waals surface area contributed by atoms with Gasteiger partial charge >= 0.3 is 0 Å². The predicted molar refractivity (Wildman–Crippen MR) is 63.4 cm³/mol. The van der Waals surface area contributed by atoms with Gasteiger partial charge in [-0.1, -0.05) is 0 Å². The lowest BCUT2D eigenvalue weighted by Crippen LogP contribution is -2.50. The van der Waals surface area contributed by atoms with Crippen LogP contribution in [0.3, 0.4) is 0 Å². The van der Waals surface area contributed by atoms with E-state index < -0.39 is 0 Å². The van der Waals surface area contributed by atoms with Crippen molar-refractivity contribution in [3.8, 4) is 0 Å². The lowest BCUT2D eigenvalue weighted by molar-refractivity contribution is -0.135. The predicted octanol–water partition coefficient (Wildman–Crippen LogP) is 1.01. The molecule has 2 aliphatic rings. The Kier molecular flexibility index (Phi) is 2.88. The molecule has 2 heterocycles. The number of rotatable bonds is 3. The molecular weight excluding hydrogens is 216 g/mol. The van der Waals surface area contributed by atoms with Gasteiger partial charge in [-0.15, -0.1) is 10.2 Å². The molecule has 1 N–H and O–H groups in total. The van der Waals surface area contributed by atoms with Crippen LogP contribution in [-0.2, 0) is 18.3 Å². The summed E-state index contributed by atoms with van der Waals surface area (Å²) in [4.78, 5) is 0. The van der Waals surface area contributed by atoms with Crippen molar-refractivity contribution in [1.29, 1.82) is 0 Å². The fourth-order valence-electron chi connectivity index (χ4n) is 2.82. The van der Waals surface area contributed by atoms with Gasteiger partial charge in [0.25, 0.3) is 0 Å². The van der Waals surface area contributed by atoms with Crippen LogP contribution in [0.2, 0.25) is 0 Å². The monoisotopic (exact) mass is 236 g/mol. The standard InChI is InChI=1S/C12H20N4O/c1-16-9-14-15-11(16)8-13-10-3-6-17-12(7-10)4-2-5-12/h9-10,13H,2-8H2,1H3. The summed E-state index contributed by atoms with van der Waals surface area (Å²) < 4.78 is 7.88. The molecule has 1 saturated heterocycles. The van der Waals surface area contributed by atoms with Gasteiger partial charge in [0.1, 0.15) is 12.2 Å². The van der Waals surface area contributed by atoms with E-state index in [4.69, 9.17) is 4.74 Å². The molecule has 1 spiro atoms. The van der Waals surface area contributed by atoms with Gasteiger partial charge in [-0.3, -0.25) is 0 Å². The molecule has 5 nitrogen and oxygen atoms in total. The third kappa shape index (κ3) is 2.21. The summed E-state index contributed by atoms with van der Waals surface area (Å²) in [5.41, 5.74) is 0.218. The van der Waals surface area contributed by atoms with Gasteiger partial charge in [0.15, 0.2) is 0 Å². The Labute approximate surface area is 102 Å². The van der Waals surface area contributed by atoms with Gasteiger partial charge in [-0.25, -0.2) is 0 Å². The van der Waals surface area contributed by atoms with Gasteiger partial charge in [0.2, 0.25) is 0 Å². The molecule has 1 aliphatic heterocycles. The highest BCUT2D eigenvalue weighted by atomic mass is 16.5. The zero-order chi connectivity index (χ0) is 11.7. The first-order valence-electron chi connectivity index (χ1n) is 6.48. The summed E-state index contributed by atoms with van der Waals surface area (Å²) in [7, 11) is 1.98. The van der Waals surface area contributed by atoms with Crippen molar-refractivity contribution in [2.75, 3.05) is 6.61 Å². The van der Waals surface area contributed by atoms with E-state index in [2.05, 4.69) is 15.5 Å². The number of hydrogen-bond acceptors (Lipinski definition) is 4. The zero-order valence-electron chi connectivity index (χ0n) is 10.4. The van der Waals surface area contributed by atoms with Crippen LogP contribution in [0, 0.1) is 0 Å². The van der Waals surface area contributed by atoms with Crippen LogP contribution >= 0.6 is 0 Å². The Morgan fingerprint density at radius 1 is 1.59 bits per heavy atom. The highest BCUT2D eigenvalue weighted by molar-refractivity contribution is 4.96. The number of hydrogen-bond donors (Lipinski definition) is 1. The Balaban J connectivity index is 1.53. The van der Waals surface area contributed by atoms with Crippen LogP contribution in [-0.4, -0.2) is 33.0 Å². The Morgan fingerprint density at radius 3 is 3.12 bits per heavy atom. The Morgan fingerprint density at radius 2 is 2.47 bits per heavy atom. The van der Waals surface area contributed by atoms with Crippen molar-refractivity contribution in [2.24, 2.45) is 7.05 Å². The molecule has 0 amide bonds. The van der Waals surface area contributed by atoms with E-state index in [1.807, 2.05) is 11.6 Å². The Bertz CT molecular complexity index is 386. The van der Waals surface area contributed by atoms with Crippen molar-refractivity contribution in [3.63, 3.8) is 0 Å². The van der Waals surface area contributed by atoms with Crippen LogP contribution in [0.15, 0.2) is 6.33 Å². The van der Waals surface area contributed by atoms with Crippen LogP contribution < -0.4 is 5.32 Å². The summed E-state index contributed by atoms with van der Waals surface area (Å²) in [6.45, 7) is 1.70. The minimum Gasteiger partial charge on any atom is -0.375 e. The molecule has 17 heavy (non-hydrogen) atoms. The maximum Gasteiger partial charge on any atom is 0.146 e. The fraction of sp³-hybridized carbons (Fsp3) is 0.833. The molecular formula is C12H20N4O. The third-order valence-corrected chi connectivity index (χ3v) is 4.11. The molecule has 0 bridgehead atoms. The van der Waals surface area contributed by atoms with E-state index >= 15 is 0 Å². The molecule has 1 saturated carbocycles. The van der Waals surface area contributed by atoms with E-state index in [9.17, 15) is 0 Å². The van der Waals surface area contributed by atoms with Gasteiger partial charge in [-0.2, -0.15) is 0 Å². The molecule has 1 aromatic heterocycles. The molecule has 94 valence electrons. The molecule has 0 radical (unpaired) electrons. The smallest absolute Gasteiger partial charge is 0.146 e. The van der Waals surface area contributed by atoms with E-state index in [1.165, 1.54) is 19.3 Å². The van der Waals surface area contributed by atoms with E-state index in [1.54, 1.807) is 6.33 Å². The number of nitrogens with zero attached hydrogens (tertiary/aromatic N) is 3. The van der Waals surface area contributed by atoms with Crippen molar-refractivity contribution in [3.05, 3.63) is 12.2 Å². The minimum absolute atomic E-state index is 0.218. The molecule has 0 aromatic carbocycles. The second-order valence-electron chi connectivity index (χ2n) is 5.31. The van der Waals surface area contributed by atoms with E-state index in [0.29, 0.717) is 6.04 Å². The molecule has 3 rings (SSSR count). The van der Waals surface area contributed by atoms with E-state index in [-0.39, 0.29) is 5.60 Å². The van der Waals surface area contributed by atoms with Crippen LogP contribution in [0.5, 0.6) is 0 Å². The summed E-state index contributed by atoms with van der Waals surface area (Å²) in [5, 5.41) is 11.6. The average molecular weight is 236 g/mol. The Hall–Kier alpha value is -0.940. The first-order valence-corrected chi connectivity index (χ1v) is 6.48. The lowest BCUT2D eigenvalue weighted by atomic mass is 9.74.